The maximum atomic E-state index is 12.5. The van der Waals surface area contributed by atoms with Gasteiger partial charge in [0.1, 0.15) is 5.75 Å². The third-order valence-electron chi connectivity index (χ3n) is 5.15. The van der Waals surface area contributed by atoms with Crippen molar-refractivity contribution >= 4 is 28.5 Å². The van der Waals surface area contributed by atoms with Gasteiger partial charge in [-0.05, 0) is 50.1 Å². The van der Waals surface area contributed by atoms with Crippen LogP contribution in [-0.2, 0) is 0 Å². The van der Waals surface area contributed by atoms with Crippen LogP contribution in [0.15, 0.2) is 64.0 Å². The van der Waals surface area contributed by atoms with Crippen LogP contribution < -0.4 is 9.54 Å². The van der Waals surface area contributed by atoms with E-state index in [0.29, 0.717) is 6.04 Å². The summed E-state index contributed by atoms with van der Waals surface area (Å²) in [6, 6.07) is 15.0. The topological polar surface area (TPSA) is 54.7 Å². The van der Waals surface area contributed by atoms with Gasteiger partial charge in [-0.15, -0.1) is 11.3 Å². The Labute approximate surface area is 181 Å². The molecular formula is C23H20F2N4OS. The predicted molar refractivity (Wildman–Crippen MR) is 119 cm³/mol. The number of hydrogen-bond donors (Lipinski definition) is 1. The number of alkyl halides is 2. The Morgan fingerprint density at radius 3 is 2.68 bits per heavy atom. The molecule has 1 aliphatic carbocycles. The first-order chi connectivity index (χ1) is 15.1. The van der Waals surface area contributed by atoms with Crippen molar-refractivity contribution in [2.24, 2.45) is 10.1 Å². The summed E-state index contributed by atoms with van der Waals surface area (Å²) in [5.41, 5.74) is 4.83. The van der Waals surface area contributed by atoms with E-state index in [1.54, 1.807) is 12.1 Å². The molecule has 0 radical (unpaired) electrons. The number of hydrogen-bond acceptors (Lipinski definition) is 4. The Bertz CT molecular complexity index is 1310. The van der Waals surface area contributed by atoms with Crippen LogP contribution in [0.2, 0.25) is 0 Å². The Hall–Kier alpha value is -3.26. The molecule has 1 aliphatic rings. The lowest BCUT2D eigenvalue weighted by Gasteiger charge is -2.07. The van der Waals surface area contributed by atoms with Crippen LogP contribution in [0, 0.1) is 6.92 Å². The van der Waals surface area contributed by atoms with Crippen molar-refractivity contribution in [2.75, 3.05) is 0 Å². The molecule has 0 bridgehead atoms. The van der Waals surface area contributed by atoms with Crippen molar-refractivity contribution in [1.29, 1.82) is 0 Å². The number of aromatic amines is 1. The van der Waals surface area contributed by atoms with Gasteiger partial charge in [-0.25, -0.2) is 4.68 Å². The van der Waals surface area contributed by atoms with Crippen LogP contribution in [0.25, 0.3) is 22.2 Å². The molecule has 0 unspecified atom stereocenters. The summed E-state index contributed by atoms with van der Waals surface area (Å²) < 4.78 is 31.2. The first-order valence-electron chi connectivity index (χ1n) is 10.00. The maximum Gasteiger partial charge on any atom is 0.387 e. The number of nitrogens with one attached hydrogen (secondary N) is 1. The van der Waals surface area contributed by atoms with Crippen LogP contribution in [0.5, 0.6) is 5.75 Å². The highest BCUT2D eigenvalue weighted by atomic mass is 32.1. The third-order valence-corrected chi connectivity index (χ3v) is 5.98. The smallest absolute Gasteiger partial charge is 0.387 e. The third kappa shape index (κ3) is 4.16. The number of aryl methyl sites for hydroxylation is 1. The van der Waals surface area contributed by atoms with Crippen molar-refractivity contribution in [3.05, 3.63) is 70.0 Å². The summed E-state index contributed by atoms with van der Waals surface area (Å²) in [7, 11) is 0. The predicted octanol–water partition coefficient (Wildman–Crippen LogP) is 5.55. The van der Waals surface area contributed by atoms with Crippen molar-refractivity contribution in [3.63, 3.8) is 0 Å². The molecule has 1 fully saturated rings. The molecule has 0 saturated heterocycles. The highest BCUT2D eigenvalue weighted by molar-refractivity contribution is 7.07. The molecule has 5 nitrogen and oxygen atoms in total. The SMILES string of the molecule is Cc1[nH]c2ccccc2c1C=Nn1c(-c2ccc(OC(F)F)cc2)csc1=NC1CC1. The average Bonchev–Trinajstić information content (AvgIpc) is 3.39. The number of benzene rings is 2. The number of H-pyrrole nitrogens is 1. The Kier molecular flexibility index (Phi) is 5.15. The largest absolute Gasteiger partial charge is 0.435 e. The number of halogens is 2. The van der Waals surface area contributed by atoms with Gasteiger partial charge in [-0.3, -0.25) is 4.99 Å². The first kappa shape index (κ1) is 19.7. The monoisotopic (exact) mass is 438 g/mol. The van der Waals surface area contributed by atoms with Gasteiger partial charge in [-0.2, -0.15) is 13.9 Å². The summed E-state index contributed by atoms with van der Waals surface area (Å²) >= 11 is 1.52. The fourth-order valence-electron chi connectivity index (χ4n) is 3.45. The van der Waals surface area contributed by atoms with Gasteiger partial charge in [0.15, 0.2) is 0 Å². The van der Waals surface area contributed by atoms with E-state index in [-0.39, 0.29) is 5.75 Å². The molecule has 2 aromatic heterocycles. The average molecular weight is 439 g/mol. The lowest BCUT2D eigenvalue weighted by Crippen LogP contribution is -2.13. The fraction of sp³-hybridized carbons (Fsp3) is 0.217. The number of ether oxygens (including phenoxy) is 1. The second-order valence-electron chi connectivity index (χ2n) is 7.43. The van der Waals surface area contributed by atoms with E-state index in [2.05, 4.69) is 15.8 Å². The Balaban J connectivity index is 1.56. The number of aromatic nitrogens is 2. The highest BCUT2D eigenvalue weighted by Crippen LogP contribution is 2.26. The summed E-state index contributed by atoms with van der Waals surface area (Å²) in [5.74, 6) is 0.126. The van der Waals surface area contributed by atoms with Crippen LogP contribution in [0.3, 0.4) is 0 Å². The second kappa shape index (κ2) is 8.11. The molecule has 2 heterocycles. The zero-order valence-corrected chi connectivity index (χ0v) is 17.6. The van der Waals surface area contributed by atoms with E-state index in [9.17, 15) is 8.78 Å². The van der Waals surface area contributed by atoms with E-state index in [1.165, 1.54) is 23.5 Å². The minimum absolute atomic E-state index is 0.126. The quantitative estimate of drug-likeness (QED) is 0.394. The number of para-hydroxylation sites is 1. The summed E-state index contributed by atoms with van der Waals surface area (Å²) in [6.07, 6.45) is 4.04. The summed E-state index contributed by atoms with van der Waals surface area (Å²) in [6.45, 7) is -0.817. The minimum Gasteiger partial charge on any atom is -0.435 e. The van der Waals surface area contributed by atoms with E-state index in [0.717, 1.165) is 51.1 Å². The number of rotatable bonds is 6. The van der Waals surface area contributed by atoms with Crippen LogP contribution in [-0.4, -0.2) is 28.5 Å². The lowest BCUT2D eigenvalue weighted by molar-refractivity contribution is -0.0498. The van der Waals surface area contributed by atoms with Crippen molar-refractivity contribution in [2.45, 2.75) is 32.4 Å². The van der Waals surface area contributed by atoms with Gasteiger partial charge >= 0.3 is 6.61 Å². The molecule has 0 spiro atoms. The molecular weight excluding hydrogens is 418 g/mol. The van der Waals surface area contributed by atoms with Gasteiger partial charge in [0.05, 0.1) is 18.0 Å². The zero-order valence-electron chi connectivity index (χ0n) is 16.8. The van der Waals surface area contributed by atoms with Gasteiger partial charge in [0.2, 0.25) is 4.80 Å². The number of thiazole rings is 1. The first-order valence-corrected chi connectivity index (χ1v) is 10.9. The molecule has 4 aromatic rings. The number of nitrogens with zero attached hydrogens (tertiary/aromatic N) is 3. The molecule has 0 atom stereocenters. The van der Waals surface area contributed by atoms with Gasteiger partial charge in [0, 0.05) is 33.1 Å². The normalized spacial score (nSPS) is 14.9. The van der Waals surface area contributed by atoms with Crippen molar-refractivity contribution in [1.82, 2.24) is 9.66 Å². The molecule has 8 heteroatoms. The molecule has 31 heavy (non-hydrogen) atoms. The maximum absolute atomic E-state index is 12.5. The molecule has 1 saturated carbocycles. The van der Waals surface area contributed by atoms with Crippen LogP contribution in [0.4, 0.5) is 8.78 Å². The standard InChI is InChI=1S/C23H20F2N4OS/c1-14-19(18-4-2-3-5-20(18)27-14)12-26-29-21(13-31-23(29)28-16-8-9-16)15-6-10-17(11-7-15)30-22(24)25/h2-7,10-13,16,22,27H,8-9H2,1H3. The van der Waals surface area contributed by atoms with E-state index < -0.39 is 6.61 Å². The molecule has 1 N–H and O–H groups in total. The highest BCUT2D eigenvalue weighted by Gasteiger charge is 2.21. The minimum atomic E-state index is -2.84. The molecule has 0 aliphatic heterocycles. The summed E-state index contributed by atoms with van der Waals surface area (Å²) in [5, 5.41) is 7.88. The van der Waals surface area contributed by atoms with Crippen molar-refractivity contribution in [3.8, 4) is 17.0 Å². The molecule has 5 rings (SSSR count). The fourth-order valence-corrected chi connectivity index (χ4v) is 4.35. The summed E-state index contributed by atoms with van der Waals surface area (Å²) in [4.78, 5) is 9.00. The molecule has 0 amide bonds. The Morgan fingerprint density at radius 2 is 1.94 bits per heavy atom. The van der Waals surface area contributed by atoms with Gasteiger partial charge in [0.25, 0.3) is 0 Å². The van der Waals surface area contributed by atoms with Gasteiger partial charge < -0.3 is 9.72 Å². The molecule has 158 valence electrons. The van der Waals surface area contributed by atoms with E-state index in [4.69, 9.17) is 10.1 Å². The van der Waals surface area contributed by atoms with Crippen molar-refractivity contribution < 1.29 is 13.5 Å². The van der Waals surface area contributed by atoms with E-state index in [1.807, 2.05) is 41.4 Å². The second-order valence-corrected chi connectivity index (χ2v) is 8.27. The van der Waals surface area contributed by atoms with Crippen LogP contribution in [0.1, 0.15) is 24.1 Å². The van der Waals surface area contributed by atoms with Crippen LogP contribution >= 0.6 is 11.3 Å². The Morgan fingerprint density at radius 1 is 1.16 bits per heavy atom. The molecule has 2 aromatic carbocycles. The number of fused-ring (bicyclic) bond motifs is 1. The van der Waals surface area contributed by atoms with E-state index >= 15 is 0 Å². The lowest BCUT2D eigenvalue weighted by atomic mass is 10.1. The zero-order chi connectivity index (χ0) is 21.4. The van der Waals surface area contributed by atoms with Gasteiger partial charge in [-0.1, -0.05) is 18.2 Å².